The number of aromatic amines is 1. The van der Waals surface area contributed by atoms with Gasteiger partial charge in [-0.1, -0.05) is 19.1 Å². The van der Waals surface area contributed by atoms with E-state index in [0.717, 1.165) is 29.9 Å². The van der Waals surface area contributed by atoms with E-state index >= 15 is 0 Å². The lowest BCUT2D eigenvalue weighted by atomic mass is 9.95. The highest BCUT2D eigenvalue weighted by Crippen LogP contribution is 2.27. The Hall–Kier alpha value is -2.60. The van der Waals surface area contributed by atoms with Gasteiger partial charge >= 0.3 is 5.97 Å². The largest absolute Gasteiger partial charge is 0.477 e. The molecular formula is C18H23N3O3. The summed E-state index contributed by atoms with van der Waals surface area (Å²) in [6.07, 6.45) is 2.22. The van der Waals surface area contributed by atoms with Gasteiger partial charge in [0, 0.05) is 30.5 Å². The molecule has 2 rings (SSSR count). The number of nitrogens with one attached hydrogen (secondary N) is 2. The van der Waals surface area contributed by atoms with E-state index in [2.05, 4.69) is 15.2 Å². The first kappa shape index (κ1) is 17.7. The molecule has 1 aromatic carbocycles. The number of likely N-dealkylation sites (N-methyl/N-ethyl adjacent to an activating group) is 1. The first-order valence-corrected chi connectivity index (χ1v) is 7.91. The third-order valence-corrected chi connectivity index (χ3v) is 3.83. The number of rotatable bonds is 7. The molecule has 0 radical (unpaired) electrons. The van der Waals surface area contributed by atoms with E-state index in [1.165, 1.54) is 0 Å². The average Bonchev–Trinajstić information content (AvgIpc) is 2.54. The number of aryl methyl sites for hydroxylation is 1. The molecule has 0 spiro atoms. The fourth-order valence-corrected chi connectivity index (χ4v) is 2.56. The normalized spacial score (nSPS) is 10.8. The lowest BCUT2D eigenvalue weighted by molar-refractivity contribution is 0.0695. The molecule has 6 nitrogen and oxygen atoms in total. The van der Waals surface area contributed by atoms with Crippen LogP contribution in [0.3, 0.4) is 0 Å². The molecule has 2 aromatic rings. The first-order valence-electron chi connectivity index (χ1n) is 7.91. The number of aromatic carboxylic acids is 1. The van der Waals surface area contributed by atoms with Crippen molar-refractivity contribution in [2.45, 2.75) is 13.3 Å². The maximum absolute atomic E-state index is 11.9. The van der Waals surface area contributed by atoms with E-state index in [4.69, 9.17) is 0 Å². The van der Waals surface area contributed by atoms with Crippen molar-refractivity contribution in [3.8, 4) is 11.1 Å². The summed E-state index contributed by atoms with van der Waals surface area (Å²) in [7, 11) is 4.02. The smallest absolute Gasteiger partial charge is 0.341 e. The molecule has 0 fully saturated rings. The SMILES string of the molecule is CCc1c[nH]c(=O)c(C(=O)O)c1-c1ccc(NCCN(C)C)cc1. The minimum absolute atomic E-state index is 0.206. The van der Waals surface area contributed by atoms with Crippen LogP contribution >= 0.6 is 0 Å². The average molecular weight is 329 g/mol. The van der Waals surface area contributed by atoms with Crippen LogP contribution < -0.4 is 10.9 Å². The van der Waals surface area contributed by atoms with E-state index in [0.29, 0.717) is 12.0 Å². The van der Waals surface area contributed by atoms with E-state index in [9.17, 15) is 14.7 Å². The van der Waals surface area contributed by atoms with Crippen LogP contribution in [0.1, 0.15) is 22.8 Å². The zero-order valence-corrected chi connectivity index (χ0v) is 14.2. The first-order chi connectivity index (χ1) is 11.4. The Balaban J connectivity index is 2.36. The van der Waals surface area contributed by atoms with Gasteiger partial charge in [0.05, 0.1) is 0 Å². The highest BCUT2D eigenvalue weighted by atomic mass is 16.4. The molecule has 0 amide bonds. The fourth-order valence-electron chi connectivity index (χ4n) is 2.56. The van der Waals surface area contributed by atoms with Crippen LogP contribution in [-0.4, -0.2) is 48.1 Å². The zero-order chi connectivity index (χ0) is 17.7. The predicted molar refractivity (Wildman–Crippen MR) is 95.9 cm³/mol. The number of hydrogen-bond donors (Lipinski definition) is 3. The van der Waals surface area contributed by atoms with Crippen LogP contribution in [-0.2, 0) is 6.42 Å². The molecule has 0 bridgehead atoms. The molecule has 0 atom stereocenters. The van der Waals surface area contributed by atoms with Crippen LogP contribution in [0.25, 0.3) is 11.1 Å². The van der Waals surface area contributed by atoms with Crippen molar-refractivity contribution in [1.29, 1.82) is 0 Å². The number of carboxylic acid groups (broad SMARTS) is 1. The Morgan fingerprint density at radius 2 is 1.92 bits per heavy atom. The summed E-state index contributed by atoms with van der Waals surface area (Å²) in [4.78, 5) is 28.1. The maximum Gasteiger partial charge on any atom is 0.341 e. The van der Waals surface area contributed by atoms with Crippen molar-refractivity contribution >= 4 is 11.7 Å². The highest BCUT2D eigenvalue weighted by Gasteiger charge is 2.19. The van der Waals surface area contributed by atoms with Gasteiger partial charge in [-0.25, -0.2) is 4.79 Å². The van der Waals surface area contributed by atoms with Crippen LogP contribution in [0.4, 0.5) is 5.69 Å². The monoisotopic (exact) mass is 329 g/mol. The minimum Gasteiger partial charge on any atom is -0.477 e. The molecule has 0 unspecified atom stereocenters. The number of nitrogens with zero attached hydrogens (tertiary/aromatic N) is 1. The molecule has 3 N–H and O–H groups in total. The molecule has 0 aliphatic carbocycles. The number of carboxylic acids is 1. The molecule has 0 aliphatic heterocycles. The Labute approximate surface area is 141 Å². The third-order valence-electron chi connectivity index (χ3n) is 3.83. The lowest BCUT2D eigenvalue weighted by Gasteiger charge is -2.13. The second-order valence-electron chi connectivity index (χ2n) is 5.86. The summed E-state index contributed by atoms with van der Waals surface area (Å²) in [5, 5.41) is 12.7. The minimum atomic E-state index is -1.21. The Morgan fingerprint density at radius 3 is 2.46 bits per heavy atom. The number of aromatic nitrogens is 1. The quantitative estimate of drug-likeness (QED) is 0.725. The summed E-state index contributed by atoms with van der Waals surface area (Å²) in [5.74, 6) is -1.21. The van der Waals surface area contributed by atoms with Gasteiger partial charge in [0.2, 0.25) is 0 Å². The summed E-state index contributed by atoms with van der Waals surface area (Å²) < 4.78 is 0. The molecule has 6 heteroatoms. The Kier molecular flexibility index (Phi) is 5.76. The standard InChI is InChI=1S/C18H23N3O3/c1-4-12-11-20-17(22)16(18(23)24)15(12)13-5-7-14(8-6-13)19-9-10-21(2)3/h5-8,11,19H,4,9-10H2,1-3H3,(H,20,22)(H,23,24). The van der Waals surface area contributed by atoms with Crippen molar-refractivity contribution in [2.24, 2.45) is 0 Å². The third kappa shape index (κ3) is 4.02. The summed E-state index contributed by atoms with van der Waals surface area (Å²) in [6, 6.07) is 7.49. The fraction of sp³-hybridized carbons (Fsp3) is 0.333. The molecule has 24 heavy (non-hydrogen) atoms. The van der Waals surface area contributed by atoms with Gasteiger partial charge in [0.1, 0.15) is 5.56 Å². The number of anilines is 1. The van der Waals surface area contributed by atoms with Gasteiger partial charge in [0.25, 0.3) is 5.56 Å². The van der Waals surface area contributed by atoms with Gasteiger partial charge in [-0.2, -0.15) is 0 Å². The lowest BCUT2D eigenvalue weighted by Crippen LogP contribution is -2.21. The molecule has 0 saturated heterocycles. The van der Waals surface area contributed by atoms with E-state index in [1.54, 1.807) is 6.20 Å². The topological polar surface area (TPSA) is 85.4 Å². The van der Waals surface area contributed by atoms with Crippen molar-refractivity contribution < 1.29 is 9.90 Å². The van der Waals surface area contributed by atoms with E-state index in [-0.39, 0.29) is 5.56 Å². The number of benzene rings is 1. The van der Waals surface area contributed by atoms with Crippen LogP contribution in [0, 0.1) is 0 Å². The summed E-state index contributed by atoms with van der Waals surface area (Å²) in [6.45, 7) is 3.66. The molecule has 0 aliphatic rings. The highest BCUT2D eigenvalue weighted by molar-refractivity contribution is 5.96. The van der Waals surface area contributed by atoms with Crippen LogP contribution in [0.2, 0.25) is 0 Å². The van der Waals surface area contributed by atoms with Crippen LogP contribution in [0.5, 0.6) is 0 Å². The molecule has 1 heterocycles. The van der Waals surface area contributed by atoms with Gasteiger partial charge in [-0.15, -0.1) is 0 Å². The van der Waals surface area contributed by atoms with Crippen molar-refractivity contribution in [3.05, 3.63) is 51.9 Å². The van der Waals surface area contributed by atoms with Gasteiger partial charge in [0.15, 0.2) is 0 Å². The molecular weight excluding hydrogens is 306 g/mol. The Morgan fingerprint density at radius 1 is 1.25 bits per heavy atom. The van der Waals surface area contributed by atoms with E-state index < -0.39 is 11.5 Å². The zero-order valence-electron chi connectivity index (χ0n) is 14.2. The van der Waals surface area contributed by atoms with Crippen molar-refractivity contribution in [1.82, 2.24) is 9.88 Å². The number of pyridine rings is 1. The molecule has 0 saturated carbocycles. The second-order valence-corrected chi connectivity index (χ2v) is 5.86. The molecule has 128 valence electrons. The summed E-state index contributed by atoms with van der Waals surface area (Å²) in [5.41, 5.74) is 2.20. The van der Waals surface area contributed by atoms with Crippen LogP contribution in [0.15, 0.2) is 35.3 Å². The van der Waals surface area contributed by atoms with Gasteiger partial charge < -0.3 is 20.3 Å². The van der Waals surface area contributed by atoms with Gasteiger partial charge in [-0.3, -0.25) is 4.79 Å². The Bertz CT molecular complexity index is 764. The van der Waals surface area contributed by atoms with Gasteiger partial charge in [-0.05, 0) is 43.8 Å². The van der Waals surface area contributed by atoms with Crippen molar-refractivity contribution in [3.63, 3.8) is 0 Å². The number of H-pyrrole nitrogens is 1. The number of carbonyl (C=O) groups is 1. The predicted octanol–water partition coefficient (Wildman–Crippen LogP) is 2.28. The van der Waals surface area contributed by atoms with Crippen molar-refractivity contribution in [2.75, 3.05) is 32.5 Å². The summed E-state index contributed by atoms with van der Waals surface area (Å²) >= 11 is 0. The van der Waals surface area contributed by atoms with E-state index in [1.807, 2.05) is 45.3 Å². The molecule has 1 aromatic heterocycles. The second kappa shape index (κ2) is 7.79. The maximum atomic E-state index is 11.9. The number of hydrogen-bond acceptors (Lipinski definition) is 4.